The summed E-state index contributed by atoms with van der Waals surface area (Å²) in [6.07, 6.45) is 5.20. The van der Waals surface area contributed by atoms with Crippen molar-refractivity contribution in [3.8, 4) is 5.75 Å². The van der Waals surface area contributed by atoms with Gasteiger partial charge in [-0.25, -0.2) is 0 Å². The van der Waals surface area contributed by atoms with Crippen molar-refractivity contribution in [1.29, 1.82) is 0 Å². The molecule has 0 N–H and O–H groups in total. The standard InChI is InChI=1S/C11H10.C9H10O.C9H8O.C9H10.C7H8/c1-9-6-7-10-4-2-3-5-11(10)8-9;1-7-2-3-9-8(6-7)4-5-10-9;1-7-6-8-4-2-3-5-9(8)10-7;1-2-6-9-7-4-3-5-8-9;1-7-5-3-2-4-6-7/h2-8H,1H3;2-3,6H,4-5H2,1H3;2-6H,1H3;2-8H,1H3;2-6H,1H3/b;;;6-2+;. The second kappa shape index (κ2) is 18.6. The molecule has 0 radical (unpaired) electrons. The van der Waals surface area contributed by atoms with Gasteiger partial charge in [-0.15, -0.1) is 0 Å². The molecule has 1 aliphatic heterocycles. The van der Waals surface area contributed by atoms with Crippen LogP contribution < -0.4 is 4.74 Å². The number of rotatable bonds is 1. The Balaban J connectivity index is 0.000000134. The monoisotopic (exact) mass is 618 g/mol. The molecule has 6 aromatic carbocycles. The molecule has 0 saturated carbocycles. The van der Waals surface area contributed by atoms with Gasteiger partial charge in [0.15, 0.2) is 0 Å². The third kappa shape index (κ3) is 11.8. The lowest BCUT2D eigenvalue weighted by atomic mass is 10.1. The molecule has 0 saturated heterocycles. The van der Waals surface area contributed by atoms with Crippen molar-refractivity contribution >= 4 is 27.8 Å². The second-order valence-electron chi connectivity index (χ2n) is 11.5. The van der Waals surface area contributed by atoms with E-state index >= 15 is 0 Å². The molecule has 1 aliphatic rings. The van der Waals surface area contributed by atoms with Crippen LogP contribution in [0.5, 0.6) is 5.75 Å². The fourth-order valence-electron chi connectivity index (χ4n) is 5.03. The molecule has 0 spiro atoms. The summed E-state index contributed by atoms with van der Waals surface area (Å²) in [4.78, 5) is 0. The summed E-state index contributed by atoms with van der Waals surface area (Å²) in [6.45, 7) is 11.1. The van der Waals surface area contributed by atoms with Crippen LogP contribution in [0.1, 0.15) is 40.5 Å². The Morgan fingerprint density at radius 1 is 0.511 bits per heavy atom. The first-order valence-corrected chi connectivity index (χ1v) is 16.2. The highest BCUT2D eigenvalue weighted by Gasteiger charge is 2.10. The van der Waals surface area contributed by atoms with Gasteiger partial charge in [0.2, 0.25) is 0 Å². The van der Waals surface area contributed by atoms with E-state index < -0.39 is 0 Å². The highest BCUT2D eigenvalue weighted by atomic mass is 16.5. The van der Waals surface area contributed by atoms with Crippen LogP contribution in [0.2, 0.25) is 0 Å². The number of hydrogen-bond donors (Lipinski definition) is 0. The zero-order valence-corrected chi connectivity index (χ0v) is 28.3. The van der Waals surface area contributed by atoms with E-state index in [1.165, 1.54) is 44.0 Å². The van der Waals surface area contributed by atoms with Crippen LogP contribution in [-0.2, 0) is 6.42 Å². The third-order valence-corrected chi connectivity index (χ3v) is 7.40. The fraction of sp³-hybridized carbons (Fsp3) is 0.156. The van der Waals surface area contributed by atoms with E-state index in [0.29, 0.717) is 0 Å². The van der Waals surface area contributed by atoms with Crippen LogP contribution in [0, 0.1) is 27.7 Å². The van der Waals surface area contributed by atoms with Gasteiger partial charge in [-0.05, 0) is 74.7 Å². The minimum atomic E-state index is 0.860. The molecule has 238 valence electrons. The summed E-state index contributed by atoms with van der Waals surface area (Å²) in [5.74, 6) is 2.05. The molecule has 2 heteroatoms. The quantitative estimate of drug-likeness (QED) is 0.183. The fourth-order valence-corrected chi connectivity index (χ4v) is 5.03. The van der Waals surface area contributed by atoms with E-state index in [-0.39, 0.29) is 0 Å². The van der Waals surface area contributed by atoms with E-state index in [2.05, 4.69) is 112 Å². The topological polar surface area (TPSA) is 22.4 Å². The Bertz CT molecular complexity index is 1920. The summed E-state index contributed by atoms with van der Waals surface area (Å²) >= 11 is 0. The van der Waals surface area contributed by atoms with Crippen LogP contribution in [0.15, 0.2) is 162 Å². The molecule has 0 amide bonds. The van der Waals surface area contributed by atoms with Crippen LogP contribution in [0.3, 0.4) is 0 Å². The Morgan fingerprint density at radius 2 is 1.11 bits per heavy atom. The lowest BCUT2D eigenvalue weighted by Gasteiger charge is -1.97. The van der Waals surface area contributed by atoms with Gasteiger partial charge in [-0.1, -0.05) is 162 Å². The van der Waals surface area contributed by atoms with Gasteiger partial charge >= 0.3 is 0 Å². The maximum atomic E-state index is 5.37. The van der Waals surface area contributed by atoms with Crippen LogP contribution >= 0.6 is 0 Å². The Morgan fingerprint density at radius 3 is 1.77 bits per heavy atom. The van der Waals surface area contributed by atoms with Crippen molar-refractivity contribution in [3.63, 3.8) is 0 Å². The zero-order chi connectivity index (χ0) is 33.3. The van der Waals surface area contributed by atoms with E-state index in [9.17, 15) is 0 Å². The zero-order valence-electron chi connectivity index (χ0n) is 28.3. The predicted molar refractivity (Wildman–Crippen MR) is 202 cm³/mol. The molecule has 7 aromatic rings. The summed E-state index contributed by atoms with van der Waals surface area (Å²) in [6, 6.07) is 51.8. The highest BCUT2D eigenvalue weighted by Crippen LogP contribution is 2.25. The van der Waals surface area contributed by atoms with Crippen LogP contribution in [-0.4, -0.2) is 6.61 Å². The summed E-state index contributed by atoms with van der Waals surface area (Å²) in [5.41, 5.74) is 7.57. The van der Waals surface area contributed by atoms with Crippen molar-refractivity contribution < 1.29 is 9.15 Å². The predicted octanol–water partition coefficient (Wildman–Crippen LogP) is 12.5. The number of furan rings is 1. The number of allylic oxidation sites excluding steroid dienone is 1. The van der Waals surface area contributed by atoms with E-state index in [0.717, 1.165) is 30.1 Å². The molecular formula is C45H46O2. The maximum Gasteiger partial charge on any atom is 0.134 e. The third-order valence-electron chi connectivity index (χ3n) is 7.40. The number of fused-ring (bicyclic) bond motifs is 3. The van der Waals surface area contributed by atoms with Crippen molar-refractivity contribution in [2.24, 2.45) is 0 Å². The first-order valence-electron chi connectivity index (χ1n) is 16.2. The molecule has 8 rings (SSSR count). The van der Waals surface area contributed by atoms with Crippen LogP contribution in [0.4, 0.5) is 0 Å². The minimum Gasteiger partial charge on any atom is -0.493 e. The van der Waals surface area contributed by atoms with Crippen LogP contribution in [0.25, 0.3) is 27.8 Å². The number of ether oxygens (including phenoxy) is 1. The summed E-state index contributed by atoms with van der Waals surface area (Å²) in [5, 5.41) is 3.82. The Kier molecular flexibility index (Phi) is 13.7. The normalized spacial score (nSPS) is 11.0. The molecular weight excluding hydrogens is 572 g/mol. The number of hydrogen-bond acceptors (Lipinski definition) is 2. The molecule has 2 nitrogen and oxygen atoms in total. The van der Waals surface area contributed by atoms with Gasteiger partial charge in [0.1, 0.15) is 17.1 Å². The summed E-state index contributed by atoms with van der Waals surface area (Å²) in [7, 11) is 0. The smallest absolute Gasteiger partial charge is 0.134 e. The van der Waals surface area contributed by atoms with Crippen molar-refractivity contribution in [3.05, 3.63) is 191 Å². The Hall–Kier alpha value is -5.34. The van der Waals surface area contributed by atoms with Crippen molar-refractivity contribution in [2.75, 3.05) is 6.61 Å². The SMILES string of the molecule is C/C=C/c1ccccc1.Cc1cc2ccccc2o1.Cc1ccc2c(c1)CCO2.Cc1ccc2ccccc2c1.Cc1ccccc1. The van der Waals surface area contributed by atoms with Gasteiger partial charge < -0.3 is 9.15 Å². The number of aryl methyl sites for hydroxylation is 4. The van der Waals surface area contributed by atoms with Gasteiger partial charge in [-0.2, -0.15) is 0 Å². The molecule has 0 atom stereocenters. The molecule has 0 unspecified atom stereocenters. The summed E-state index contributed by atoms with van der Waals surface area (Å²) < 4.78 is 10.7. The van der Waals surface area contributed by atoms with Gasteiger partial charge in [0, 0.05) is 11.8 Å². The van der Waals surface area contributed by atoms with Gasteiger partial charge in [0.05, 0.1) is 6.61 Å². The van der Waals surface area contributed by atoms with Crippen molar-refractivity contribution in [1.82, 2.24) is 0 Å². The molecule has 47 heavy (non-hydrogen) atoms. The first-order chi connectivity index (χ1) is 22.9. The van der Waals surface area contributed by atoms with Crippen molar-refractivity contribution in [2.45, 2.75) is 41.0 Å². The molecule has 0 fully saturated rings. The average Bonchev–Trinajstić information content (AvgIpc) is 3.72. The number of para-hydroxylation sites is 1. The second-order valence-corrected chi connectivity index (χ2v) is 11.5. The first kappa shape index (κ1) is 34.5. The Labute approximate surface area is 281 Å². The molecule has 0 aliphatic carbocycles. The minimum absolute atomic E-state index is 0.860. The van der Waals surface area contributed by atoms with E-state index in [1.807, 2.05) is 86.7 Å². The molecule has 2 heterocycles. The molecule has 1 aromatic heterocycles. The van der Waals surface area contributed by atoms with Gasteiger partial charge in [-0.3, -0.25) is 0 Å². The van der Waals surface area contributed by atoms with E-state index in [1.54, 1.807) is 0 Å². The van der Waals surface area contributed by atoms with Gasteiger partial charge in [0.25, 0.3) is 0 Å². The lowest BCUT2D eigenvalue weighted by Crippen LogP contribution is -1.85. The molecule has 0 bridgehead atoms. The van der Waals surface area contributed by atoms with E-state index in [4.69, 9.17) is 9.15 Å². The maximum absolute atomic E-state index is 5.37. The number of benzene rings is 6. The average molecular weight is 619 g/mol. The highest BCUT2D eigenvalue weighted by molar-refractivity contribution is 5.82. The lowest BCUT2D eigenvalue weighted by molar-refractivity contribution is 0.357. The largest absolute Gasteiger partial charge is 0.493 e.